The number of nitrogens with one attached hydrogen (secondary N) is 4. The van der Waals surface area contributed by atoms with Gasteiger partial charge in [-0.15, -0.1) is 0 Å². The van der Waals surface area contributed by atoms with E-state index in [1.165, 1.54) is 0 Å². The Bertz CT molecular complexity index is 1410. The Morgan fingerprint density at radius 1 is 1.00 bits per heavy atom. The number of nitrogens with zero attached hydrogens (tertiary/aromatic N) is 2. The molecule has 0 bridgehead atoms. The first-order valence-electron chi connectivity index (χ1n) is 9.24. The topological polar surface area (TPSA) is 167 Å². The number of aliphatic imine (C=N–C) groups is 2. The molecule has 12 heteroatoms. The van der Waals surface area contributed by atoms with Gasteiger partial charge in [0.25, 0.3) is 5.56 Å². The first-order chi connectivity index (χ1) is 15.0. The van der Waals surface area contributed by atoms with E-state index in [1.54, 1.807) is 18.2 Å². The van der Waals surface area contributed by atoms with Crippen LogP contribution >= 0.6 is 0 Å². The number of H-pyrrole nitrogens is 2. The van der Waals surface area contributed by atoms with Crippen LogP contribution in [0.3, 0.4) is 0 Å². The van der Waals surface area contributed by atoms with Gasteiger partial charge in [-0.1, -0.05) is 6.07 Å². The summed E-state index contributed by atoms with van der Waals surface area (Å²) in [5.74, 6) is -2.03. The molecule has 12 nitrogen and oxygen atoms in total. The molecule has 4 aliphatic heterocycles. The van der Waals surface area contributed by atoms with Crippen molar-refractivity contribution in [2.24, 2.45) is 15.9 Å². The van der Waals surface area contributed by atoms with Crippen molar-refractivity contribution in [2.75, 3.05) is 12.1 Å². The molecule has 154 valence electrons. The fraction of sp³-hybridized carbons (Fsp3) is 0.158. The lowest BCUT2D eigenvalue weighted by molar-refractivity contribution is -0.128. The maximum Gasteiger partial charge on any atom is 0.327 e. The Hall–Kier alpha value is -4.48. The van der Waals surface area contributed by atoms with Gasteiger partial charge < -0.3 is 20.1 Å². The van der Waals surface area contributed by atoms with Crippen LogP contribution in [-0.2, 0) is 9.59 Å². The van der Waals surface area contributed by atoms with E-state index < -0.39 is 34.8 Å². The molecule has 31 heavy (non-hydrogen) atoms. The van der Waals surface area contributed by atoms with Gasteiger partial charge in [-0.3, -0.25) is 24.4 Å². The van der Waals surface area contributed by atoms with E-state index in [1.807, 2.05) is 0 Å². The molecule has 2 aromatic rings. The molecule has 4 N–H and O–H groups in total. The second-order valence-electron chi connectivity index (χ2n) is 7.16. The van der Waals surface area contributed by atoms with Gasteiger partial charge in [0.15, 0.2) is 29.0 Å². The lowest BCUT2D eigenvalue weighted by Gasteiger charge is -2.33. The number of allylic oxidation sites excluding steroid dienone is 1. The van der Waals surface area contributed by atoms with Crippen molar-refractivity contribution >= 4 is 29.7 Å². The standard InChI is InChI=1S/C19H12N6O6/c26-13-10-9(6-1-2-7-8(3-6)31-5-30-7)11-16(24-19(29)25-18(11)28)23-15(10)22-14-12(13)17(27)21-4-20-14/h1-4,9,12H,5H2,(H,20,21,22,27)(H3,23,24,25,28,29). The first-order valence-corrected chi connectivity index (χ1v) is 9.24. The molecule has 2 atom stereocenters. The summed E-state index contributed by atoms with van der Waals surface area (Å²) in [6, 6.07) is 5.01. The molecule has 0 aliphatic carbocycles. The minimum Gasteiger partial charge on any atom is -0.454 e. The molecular formula is C19H12N6O6. The van der Waals surface area contributed by atoms with Crippen LogP contribution < -0.4 is 31.4 Å². The molecule has 6 rings (SSSR count). The molecule has 1 amide bonds. The van der Waals surface area contributed by atoms with Crippen molar-refractivity contribution in [3.05, 3.63) is 61.6 Å². The Morgan fingerprint density at radius 2 is 1.84 bits per heavy atom. The van der Waals surface area contributed by atoms with Gasteiger partial charge in [-0.05, 0) is 17.7 Å². The van der Waals surface area contributed by atoms with Gasteiger partial charge in [0.2, 0.25) is 12.7 Å². The van der Waals surface area contributed by atoms with E-state index >= 15 is 0 Å². The number of hydrogen-bond acceptors (Lipinski definition) is 9. The van der Waals surface area contributed by atoms with E-state index in [4.69, 9.17) is 9.47 Å². The molecule has 4 aliphatic rings. The summed E-state index contributed by atoms with van der Waals surface area (Å²) in [7, 11) is 0. The first kappa shape index (κ1) is 17.4. The molecule has 0 saturated heterocycles. The number of amides is 1. The predicted molar refractivity (Wildman–Crippen MR) is 105 cm³/mol. The maximum absolute atomic E-state index is 13.5. The minimum absolute atomic E-state index is 0.0278. The predicted octanol–water partition coefficient (Wildman–Crippen LogP) is -0.684. The van der Waals surface area contributed by atoms with E-state index in [9.17, 15) is 19.2 Å². The maximum atomic E-state index is 13.5. The van der Waals surface area contributed by atoms with E-state index in [-0.39, 0.29) is 35.4 Å². The number of Topliss-reactive ketones (excluding diaryl/α,β-unsaturated/α-hetero) is 1. The number of hydrogen-bond donors (Lipinski definition) is 4. The number of carbonyl (C=O) groups excluding carboxylic acids is 2. The SMILES string of the molecule is O=C1NC=NC2=NC3=C(C(=O)C12)C(c1ccc2c(c1)OCO2)c1c([nH]c(=O)[nH]c1=O)N3. The van der Waals surface area contributed by atoms with E-state index in [0.717, 1.165) is 6.34 Å². The van der Waals surface area contributed by atoms with Crippen LogP contribution in [0, 0.1) is 5.92 Å². The van der Waals surface area contributed by atoms with Crippen LogP contribution in [0.5, 0.6) is 11.5 Å². The number of carbonyl (C=O) groups is 2. The number of benzene rings is 1. The Morgan fingerprint density at radius 3 is 2.71 bits per heavy atom. The van der Waals surface area contributed by atoms with Crippen molar-refractivity contribution in [3.8, 4) is 11.5 Å². The Kier molecular flexibility index (Phi) is 3.37. The summed E-state index contributed by atoms with van der Waals surface area (Å²) in [4.78, 5) is 63.6. The number of amidine groups is 1. The monoisotopic (exact) mass is 420 g/mol. The number of anilines is 1. The van der Waals surface area contributed by atoms with Gasteiger partial charge in [0, 0.05) is 0 Å². The highest BCUT2D eigenvalue weighted by Gasteiger charge is 2.46. The van der Waals surface area contributed by atoms with Crippen LogP contribution in [0.25, 0.3) is 0 Å². The summed E-state index contributed by atoms with van der Waals surface area (Å²) >= 11 is 0. The minimum atomic E-state index is -1.23. The van der Waals surface area contributed by atoms with E-state index in [2.05, 4.69) is 30.6 Å². The number of fused-ring (bicyclic) bond motifs is 3. The van der Waals surface area contributed by atoms with Gasteiger partial charge >= 0.3 is 5.69 Å². The number of ether oxygens (including phenoxy) is 2. The normalized spacial score (nSPS) is 22.8. The van der Waals surface area contributed by atoms with Gasteiger partial charge in [0.1, 0.15) is 11.6 Å². The summed E-state index contributed by atoms with van der Waals surface area (Å²) in [6.45, 7) is 0.0519. The molecule has 1 aromatic carbocycles. The largest absolute Gasteiger partial charge is 0.454 e. The number of rotatable bonds is 1. The molecular weight excluding hydrogens is 408 g/mol. The third-order valence-corrected chi connectivity index (χ3v) is 5.46. The average molecular weight is 420 g/mol. The molecule has 0 saturated carbocycles. The van der Waals surface area contributed by atoms with Crippen LogP contribution in [0.15, 0.2) is 49.2 Å². The summed E-state index contributed by atoms with van der Waals surface area (Å²) < 4.78 is 10.8. The van der Waals surface area contributed by atoms with Crippen molar-refractivity contribution in [1.82, 2.24) is 15.3 Å². The smallest absolute Gasteiger partial charge is 0.327 e. The fourth-order valence-corrected chi connectivity index (χ4v) is 4.15. The van der Waals surface area contributed by atoms with E-state index in [0.29, 0.717) is 17.1 Å². The van der Waals surface area contributed by atoms with Gasteiger partial charge in [-0.2, -0.15) is 0 Å². The van der Waals surface area contributed by atoms with Gasteiger partial charge in [-0.25, -0.2) is 14.8 Å². The molecule has 0 radical (unpaired) electrons. The molecule has 1 aromatic heterocycles. The second kappa shape index (κ2) is 6.01. The zero-order valence-corrected chi connectivity index (χ0v) is 15.5. The quantitative estimate of drug-likeness (QED) is 0.443. The van der Waals surface area contributed by atoms with Crippen molar-refractivity contribution in [3.63, 3.8) is 0 Å². The highest BCUT2D eigenvalue weighted by molar-refractivity contribution is 6.30. The third-order valence-electron chi connectivity index (χ3n) is 5.46. The Balaban J connectivity index is 1.63. The van der Waals surface area contributed by atoms with Crippen LogP contribution in [0.1, 0.15) is 17.0 Å². The average Bonchev–Trinajstić information content (AvgIpc) is 3.20. The summed E-state index contributed by atoms with van der Waals surface area (Å²) in [6.07, 6.45) is 1.16. The number of ketones is 1. The van der Waals surface area contributed by atoms with Crippen LogP contribution in [-0.4, -0.2) is 40.6 Å². The third kappa shape index (κ3) is 2.41. The van der Waals surface area contributed by atoms with Crippen molar-refractivity contribution < 1.29 is 19.1 Å². The highest BCUT2D eigenvalue weighted by Crippen LogP contribution is 2.45. The lowest BCUT2D eigenvalue weighted by atomic mass is 9.77. The summed E-state index contributed by atoms with van der Waals surface area (Å²) in [5, 5.41) is 5.25. The lowest BCUT2D eigenvalue weighted by Crippen LogP contribution is -2.47. The van der Waals surface area contributed by atoms with Crippen molar-refractivity contribution in [2.45, 2.75) is 5.92 Å². The van der Waals surface area contributed by atoms with Gasteiger partial charge in [0.05, 0.1) is 23.4 Å². The molecule has 0 fully saturated rings. The molecule has 5 heterocycles. The molecule has 0 spiro atoms. The zero-order chi connectivity index (χ0) is 21.3. The fourth-order valence-electron chi connectivity index (χ4n) is 4.15. The Labute approximate surface area is 171 Å². The highest BCUT2D eigenvalue weighted by atomic mass is 16.7. The zero-order valence-electron chi connectivity index (χ0n) is 15.5. The number of aromatic amines is 2. The van der Waals surface area contributed by atoms with Crippen molar-refractivity contribution in [1.29, 1.82) is 0 Å². The summed E-state index contributed by atoms with van der Waals surface area (Å²) in [5.41, 5.74) is -0.626. The molecule has 2 unspecified atom stereocenters. The van der Waals surface area contributed by atoms with Crippen LogP contribution in [0.2, 0.25) is 0 Å². The van der Waals surface area contributed by atoms with Crippen LogP contribution in [0.4, 0.5) is 5.82 Å². The second-order valence-corrected chi connectivity index (χ2v) is 7.16. The number of aromatic nitrogens is 2.